The number of hydrogen-bond acceptors (Lipinski definition) is 12. The van der Waals surface area contributed by atoms with E-state index in [9.17, 15) is 30.3 Å². The Morgan fingerprint density at radius 2 is 0.943 bits per heavy atom. The first kappa shape index (κ1) is 49.8. The molecular formula is C52H44Cl4N6O8. The van der Waals surface area contributed by atoms with Crippen LogP contribution in [-0.4, -0.2) is 80.2 Å². The number of likely N-dealkylation sites (tertiary alicyclic amines) is 2. The number of amides is 2. The quantitative estimate of drug-likeness (QED) is 0.0991. The number of carbonyl (C=O) groups is 2. The van der Waals surface area contributed by atoms with Crippen molar-refractivity contribution in [3.8, 4) is 46.3 Å². The molecule has 8 rings (SSSR count). The SMILES string of the molecule is N#Cc1cncc(COc2cc(OCc3cccc(-c4cccc(COc5cc(OCc6cncc(C#N)c6)c(C(=O)N6CCC(O)CC6)cc5Cl)c4Cl)c3Cl)c(Cl)cc2C(=O)N2CCC(O)CC2)c1. The van der Waals surface area contributed by atoms with Crippen LogP contribution in [0.2, 0.25) is 20.1 Å². The molecule has 0 atom stereocenters. The third kappa shape index (κ3) is 11.9. The van der Waals surface area contributed by atoms with E-state index in [-0.39, 0.29) is 82.4 Å². The van der Waals surface area contributed by atoms with Gasteiger partial charge in [-0.2, -0.15) is 10.5 Å². The van der Waals surface area contributed by atoms with Crippen molar-refractivity contribution in [2.75, 3.05) is 26.2 Å². The Bertz CT molecular complexity index is 2800. The Labute approximate surface area is 424 Å². The molecule has 6 aromatic rings. The molecule has 0 unspecified atom stereocenters. The fourth-order valence-electron chi connectivity index (χ4n) is 8.03. The lowest BCUT2D eigenvalue weighted by molar-refractivity contribution is 0.0532. The van der Waals surface area contributed by atoms with Crippen LogP contribution in [0.25, 0.3) is 11.1 Å². The number of aromatic nitrogens is 2. The number of nitriles is 2. The van der Waals surface area contributed by atoms with E-state index in [1.165, 1.54) is 24.5 Å². The van der Waals surface area contributed by atoms with Crippen molar-refractivity contribution in [1.29, 1.82) is 10.5 Å². The number of aliphatic hydroxyl groups is 2. The summed E-state index contributed by atoms with van der Waals surface area (Å²) in [6.45, 7) is 1.42. The molecule has 14 nitrogen and oxygen atoms in total. The van der Waals surface area contributed by atoms with Gasteiger partial charge in [-0.25, -0.2) is 0 Å². The number of rotatable bonds is 15. The molecule has 2 saturated heterocycles. The highest BCUT2D eigenvalue weighted by molar-refractivity contribution is 6.37. The maximum Gasteiger partial charge on any atom is 0.257 e. The summed E-state index contributed by atoms with van der Waals surface area (Å²) in [4.78, 5) is 39.1. The van der Waals surface area contributed by atoms with E-state index in [4.69, 9.17) is 65.4 Å². The van der Waals surface area contributed by atoms with Crippen LogP contribution in [0.15, 0.2) is 97.6 Å². The van der Waals surface area contributed by atoms with Crippen LogP contribution in [0.5, 0.6) is 23.0 Å². The molecule has 0 bridgehead atoms. The Morgan fingerprint density at radius 3 is 1.33 bits per heavy atom. The van der Waals surface area contributed by atoms with Crippen molar-refractivity contribution in [2.24, 2.45) is 0 Å². The second-order valence-corrected chi connectivity index (χ2v) is 18.3. The Balaban J connectivity index is 1.01. The van der Waals surface area contributed by atoms with Crippen LogP contribution in [-0.2, 0) is 26.4 Å². The van der Waals surface area contributed by atoms with Crippen molar-refractivity contribution in [3.05, 3.63) is 162 Å². The minimum Gasteiger partial charge on any atom is -0.488 e. The second kappa shape index (κ2) is 22.9. The van der Waals surface area contributed by atoms with Gasteiger partial charge in [0.1, 0.15) is 61.6 Å². The predicted octanol–water partition coefficient (Wildman–Crippen LogP) is 10.0. The van der Waals surface area contributed by atoms with Crippen molar-refractivity contribution in [1.82, 2.24) is 19.8 Å². The van der Waals surface area contributed by atoms with Gasteiger partial charge in [0.25, 0.3) is 11.8 Å². The average molecular weight is 1020 g/mol. The molecule has 2 aliphatic rings. The van der Waals surface area contributed by atoms with Gasteiger partial charge >= 0.3 is 0 Å². The molecule has 0 aliphatic carbocycles. The fraction of sp³-hybridized carbons (Fsp3) is 0.269. The first-order chi connectivity index (χ1) is 33.9. The zero-order valence-electron chi connectivity index (χ0n) is 37.4. The lowest BCUT2D eigenvalue weighted by Crippen LogP contribution is -2.40. The minimum absolute atomic E-state index is 0.00146. The van der Waals surface area contributed by atoms with Gasteiger partial charge in [-0.1, -0.05) is 82.8 Å². The summed E-state index contributed by atoms with van der Waals surface area (Å²) in [5.41, 5.74) is 4.81. The van der Waals surface area contributed by atoms with Crippen LogP contribution in [0.4, 0.5) is 0 Å². The Morgan fingerprint density at radius 1 is 0.557 bits per heavy atom. The zero-order chi connectivity index (χ0) is 49.3. The largest absolute Gasteiger partial charge is 0.488 e. The van der Waals surface area contributed by atoms with Crippen LogP contribution >= 0.6 is 46.4 Å². The average Bonchev–Trinajstić information content (AvgIpc) is 3.38. The van der Waals surface area contributed by atoms with Gasteiger partial charge in [0, 0.05) is 96.5 Å². The number of pyridine rings is 2. The Kier molecular flexibility index (Phi) is 16.3. The van der Waals surface area contributed by atoms with Gasteiger partial charge in [0.2, 0.25) is 0 Å². The Hall–Kier alpha value is -6.62. The summed E-state index contributed by atoms with van der Waals surface area (Å²) in [5, 5.41) is 39.9. The molecule has 2 amide bonds. The molecule has 358 valence electrons. The molecule has 70 heavy (non-hydrogen) atoms. The number of benzene rings is 4. The molecule has 0 radical (unpaired) electrons. The summed E-state index contributed by atoms with van der Waals surface area (Å²) in [6.07, 6.45) is 6.88. The smallest absolute Gasteiger partial charge is 0.257 e. The van der Waals surface area contributed by atoms with Crippen LogP contribution < -0.4 is 18.9 Å². The third-order valence-electron chi connectivity index (χ3n) is 11.9. The molecule has 18 heteroatoms. The van der Waals surface area contributed by atoms with E-state index in [0.29, 0.717) is 106 Å². The van der Waals surface area contributed by atoms with Gasteiger partial charge in [0.15, 0.2) is 0 Å². The van der Waals surface area contributed by atoms with Crippen molar-refractivity contribution in [2.45, 2.75) is 64.3 Å². The normalized spacial score (nSPS) is 14.1. The van der Waals surface area contributed by atoms with Crippen LogP contribution in [0.1, 0.15) is 79.8 Å². The zero-order valence-corrected chi connectivity index (χ0v) is 40.4. The lowest BCUT2D eigenvalue weighted by Gasteiger charge is -2.30. The van der Waals surface area contributed by atoms with Gasteiger partial charge in [-0.15, -0.1) is 0 Å². The highest BCUT2D eigenvalue weighted by Gasteiger charge is 2.28. The van der Waals surface area contributed by atoms with E-state index in [0.717, 1.165) is 0 Å². The summed E-state index contributed by atoms with van der Waals surface area (Å²) < 4.78 is 24.9. The number of piperidine rings is 2. The molecule has 2 N–H and O–H groups in total. The van der Waals surface area contributed by atoms with Gasteiger partial charge in [0.05, 0.1) is 54.6 Å². The lowest BCUT2D eigenvalue weighted by atomic mass is 10.0. The maximum absolute atomic E-state index is 13.8. The van der Waals surface area contributed by atoms with Gasteiger partial charge in [-0.05, 0) is 49.9 Å². The minimum atomic E-state index is -0.475. The van der Waals surface area contributed by atoms with Crippen molar-refractivity contribution >= 4 is 58.2 Å². The van der Waals surface area contributed by atoms with E-state index in [1.54, 1.807) is 58.6 Å². The van der Waals surface area contributed by atoms with E-state index >= 15 is 0 Å². The summed E-state index contributed by atoms with van der Waals surface area (Å²) in [5.74, 6) is 0.246. The van der Waals surface area contributed by atoms with E-state index < -0.39 is 12.2 Å². The van der Waals surface area contributed by atoms with E-state index in [1.807, 2.05) is 24.3 Å². The van der Waals surface area contributed by atoms with Crippen molar-refractivity contribution < 1.29 is 38.7 Å². The second-order valence-electron chi connectivity index (χ2n) is 16.7. The topological polar surface area (TPSA) is 191 Å². The van der Waals surface area contributed by atoms with Crippen LogP contribution in [0, 0.1) is 22.7 Å². The number of hydrogen-bond donors (Lipinski definition) is 2. The van der Waals surface area contributed by atoms with Gasteiger partial charge < -0.3 is 39.0 Å². The number of ether oxygens (including phenoxy) is 4. The summed E-state index contributed by atoms with van der Waals surface area (Å²) in [7, 11) is 0. The summed E-state index contributed by atoms with van der Waals surface area (Å²) in [6, 6.07) is 24.4. The molecule has 4 aromatic carbocycles. The van der Waals surface area contributed by atoms with Gasteiger partial charge in [-0.3, -0.25) is 19.6 Å². The first-order valence-corrected chi connectivity index (χ1v) is 23.8. The van der Waals surface area contributed by atoms with Crippen LogP contribution in [0.3, 0.4) is 0 Å². The molecular weight excluding hydrogens is 978 g/mol. The highest BCUT2D eigenvalue weighted by Crippen LogP contribution is 2.41. The number of halogens is 4. The molecule has 0 spiro atoms. The van der Waals surface area contributed by atoms with Crippen molar-refractivity contribution in [3.63, 3.8) is 0 Å². The highest BCUT2D eigenvalue weighted by atomic mass is 35.5. The fourth-order valence-corrected chi connectivity index (χ4v) is 9.03. The molecule has 2 fully saturated rings. The number of nitrogens with zero attached hydrogens (tertiary/aromatic N) is 6. The molecule has 0 saturated carbocycles. The molecule has 2 aliphatic heterocycles. The monoisotopic (exact) mass is 1020 g/mol. The third-order valence-corrected chi connectivity index (χ3v) is 13.4. The molecule has 4 heterocycles. The maximum atomic E-state index is 13.8. The first-order valence-electron chi connectivity index (χ1n) is 22.2. The van der Waals surface area contributed by atoms with E-state index in [2.05, 4.69) is 22.1 Å². The summed E-state index contributed by atoms with van der Waals surface area (Å²) >= 11 is 27.8. The number of aliphatic hydroxyl groups excluding tert-OH is 2. The standard InChI is InChI=1S/C52H44Cl4N6O8/c53-43-17-41(51(65)61-11-7-37(63)8-12-61)45(67-27-33-15-31(21-57)23-59-25-33)19-47(43)69-29-35-3-1-5-39(49(35)55)40-6-2-4-36(50(40)56)30-70-48-20-46(68-28-34-16-32(22-58)24-60-26-34)42(18-44(48)54)52(66)62-13-9-38(64)10-14-62/h1-6,15-20,23-26,37-38,63-64H,7-14,27-30H2. The predicted molar refractivity (Wildman–Crippen MR) is 262 cm³/mol. The molecule has 2 aromatic heterocycles. The number of carbonyl (C=O) groups excluding carboxylic acids is 2.